The maximum atomic E-state index is 13.8. The summed E-state index contributed by atoms with van der Waals surface area (Å²) in [6.45, 7) is 16.4. The van der Waals surface area contributed by atoms with Crippen LogP contribution in [0.4, 0.5) is 0 Å². The Hall–Kier alpha value is -1.12. The van der Waals surface area contributed by atoms with Crippen molar-refractivity contribution in [2.24, 2.45) is 52.3 Å². The summed E-state index contributed by atoms with van der Waals surface area (Å²) >= 11 is 0. The summed E-state index contributed by atoms with van der Waals surface area (Å²) in [5.74, 6) is 4.37. The first-order valence-electron chi connectivity index (χ1n) is 15.4. The highest BCUT2D eigenvalue weighted by Gasteiger charge is 2.61. The normalized spacial score (nSPS) is 38.9. The molecule has 0 aromatic rings. The molecule has 4 rings (SSSR count). The van der Waals surface area contributed by atoms with Crippen molar-refractivity contribution in [1.29, 1.82) is 0 Å². The van der Waals surface area contributed by atoms with E-state index in [9.17, 15) is 9.59 Å². The molecule has 36 heavy (non-hydrogen) atoms. The van der Waals surface area contributed by atoms with Gasteiger partial charge >= 0.3 is 5.97 Å². The summed E-state index contributed by atoms with van der Waals surface area (Å²) in [7, 11) is 0. The average molecular weight is 499 g/mol. The van der Waals surface area contributed by atoms with E-state index in [0.717, 1.165) is 43.4 Å². The summed E-state index contributed by atoms with van der Waals surface area (Å²) in [6, 6.07) is 0. The van der Waals surface area contributed by atoms with Gasteiger partial charge in [-0.3, -0.25) is 9.59 Å². The monoisotopic (exact) mass is 498 g/mol. The van der Waals surface area contributed by atoms with Crippen LogP contribution in [0.3, 0.4) is 0 Å². The largest absolute Gasteiger partial charge is 0.462 e. The topological polar surface area (TPSA) is 43.4 Å². The Labute approximate surface area is 221 Å². The molecule has 0 spiro atoms. The van der Waals surface area contributed by atoms with Crippen LogP contribution in [-0.4, -0.2) is 17.9 Å². The lowest BCUT2D eigenvalue weighted by molar-refractivity contribution is -0.152. The molecule has 0 aromatic carbocycles. The number of ketones is 1. The third-order valence-electron chi connectivity index (χ3n) is 11.3. The Bertz CT molecular complexity index is 840. The van der Waals surface area contributed by atoms with Crippen LogP contribution in [0.1, 0.15) is 126 Å². The maximum Gasteiger partial charge on any atom is 0.306 e. The van der Waals surface area contributed by atoms with Gasteiger partial charge in [0.15, 0.2) is 5.78 Å². The highest BCUT2D eigenvalue weighted by Crippen LogP contribution is 2.66. The third-order valence-corrected chi connectivity index (χ3v) is 11.3. The molecule has 3 fully saturated rings. The molecule has 204 valence electrons. The molecule has 0 unspecified atom stereocenters. The molecule has 0 saturated heterocycles. The van der Waals surface area contributed by atoms with Crippen LogP contribution in [0.2, 0.25) is 0 Å². The fraction of sp³-hybridized carbons (Fsp3) is 0.879. The number of fused-ring (bicyclic) bond motifs is 5. The fourth-order valence-electron chi connectivity index (χ4n) is 9.14. The molecule has 3 heteroatoms. The van der Waals surface area contributed by atoms with Crippen molar-refractivity contribution >= 4 is 11.8 Å². The van der Waals surface area contributed by atoms with Gasteiger partial charge in [0.2, 0.25) is 0 Å². The zero-order valence-electron chi connectivity index (χ0n) is 24.4. The van der Waals surface area contributed by atoms with Crippen LogP contribution in [0.5, 0.6) is 0 Å². The zero-order chi connectivity index (χ0) is 26.3. The van der Waals surface area contributed by atoms with Gasteiger partial charge in [-0.05, 0) is 97.4 Å². The maximum absolute atomic E-state index is 13.8. The van der Waals surface area contributed by atoms with Crippen LogP contribution in [-0.2, 0) is 14.3 Å². The Morgan fingerprint density at radius 1 is 0.944 bits per heavy atom. The predicted octanol–water partition coefficient (Wildman–Crippen LogP) is 8.55. The minimum atomic E-state index is -0.0640. The van der Waals surface area contributed by atoms with E-state index >= 15 is 0 Å². The first-order chi connectivity index (χ1) is 17.0. The fourth-order valence-corrected chi connectivity index (χ4v) is 9.14. The molecule has 0 radical (unpaired) electrons. The van der Waals surface area contributed by atoms with Crippen molar-refractivity contribution in [3.8, 4) is 0 Å². The van der Waals surface area contributed by atoms with Gasteiger partial charge in [-0.2, -0.15) is 0 Å². The highest BCUT2D eigenvalue weighted by molar-refractivity contribution is 5.94. The molecule has 8 atom stereocenters. The number of rotatable bonds is 9. The minimum absolute atomic E-state index is 0.0512. The van der Waals surface area contributed by atoms with Crippen molar-refractivity contribution in [3.63, 3.8) is 0 Å². The van der Waals surface area contributed by atoms with Crippen molar-refractivity contribution in [2.45, 2.75) is 132 Å². The van der Waals surface area contributed by atoms with Gasteiger partial charge in [0.05, 0.1) is 0 Å². The summed E-state index contributed by atoms with van der Waals surface area (Å²) in [4.78, 5) is 26.1. The smallest absolute Gasteiger partial charge is 0.306 e. The van der Waals surface area contributed by atoms with Crippen LogP contribution >= 0.6 is 0 Å². The second kappa shape index (κ2) is 10.9. The quantitative estimate of drug-likeness (QED) is 0.299. The van der Waals surface area contributed by atoms with E-state index in [2.05, 4.69) is 48.5 Å². The Kier molecular flexibility index (Phi) is 8.47. The van der Waals surface area contributed by atoms with Gasteiger partial charge in [0.25, 0.3) is 0 Å². The van der Waals surface area contributed by atoms with Crippen LogP contribution in [0, 0.1) is 52.3 Å². The molecule has 0 amide bonds. The van der Waals surface area contributed by atoms with Crippen molar-refractivity contribution in [1.82, 2.24) is 0 Å². The average Bonchev–Trinajstić information content (AvgIpc) is 3.15. The lowest BCUT2D eigenvalue weighted by Gasteiger charge is -2.57. The molecule has 4 aliphatic rings. The van der Waals surface area contributed by atoms with Gasteiger partial charge in [-0.25, -0.2) is 0 Å². The number of hydrogen-bond acceptors (Lipinski definition) is 3. The van der Waals surface area contributed by atoms with E-state index < -0.39 is 0 Å². The molecular formula is C33H54O3. The van der Waals surface area contributed by atoms with Crippen molar-refractivity contribution in [3.05, 3.63) is 11.6 Å². The summed E-state index contributed by atoms with van der Waals surface area (Å²) in [6.07, 6.45) is 15.1. The van der Waals surface area contributed by atoms with Gasteiger partial charge in [-0.1, -0.05) is 73.3 Å². The van der Waals surface area contributed by atoms with E-state index in [0.29, 0.717) is 35.4 Å². The second-order valence-electron chi connectivity index (χ2n) is 14.5. The molecule has 0 bridgehead atoms. The summed E-state index contributed by atoms with van der Waals surface area (Å²) in [5, 5.41) is 0. The van der Waals surface area contributed by atoms with E-state index in [1.54, 1.807) is 0 Å². The predicted molar refractivity (Wildman–Crippen MR) is 147 cm³/mol. The molecule has 0 aliphatic heterocycles. The van der Waals surface area contributed by atoms with Crippen LogP contribution in [0.25, 0.3) is 0 Å². The lowest BCUT2D eigenvalue weighted by Crippen LogP contribution is -2.53. The van der Waals surface area contributed by atoms with E-state index in [1.807, 2.05) is 6.08 Å². The Morgan fingerprint density at radius 3 is 2.36 bits per heavy atom. The standard InChI is InChI=1S/C33H54O3/c1-21(2)9-8-10-23(5)26-12-13-27-31-28(16-18-33(26,27)7)32(6)17-15-25(19-24(32)20-29(31)34)36-30(35)14-11-22(3)4/h20-23,25-28,31H,8-19H2,1-7H3/t23-,25-,26+,27-,28-,31-,32-,33+/m0/s1. The molecule has 3 saturated carbocycles. The Balaban J connectivity index is 1.45. The first kappa shape index (κ1) is 27.9. The highest BCUT2D eigenvalue weighted by atomic mass is 16.5. The lowest BCUT2D eigenvalue weighted by atomic mass is 9.46. The number of esters is 1. The number of carbonyl (C=O) groups is 2. The molecule has 4 aliphatic carbocycles. The summed E-state index contributed by atoms with van der Waals surface area (Å²) < 4.78 is 5.89. The van der Waals surface area contributed by atoms with E-state index in [1.165, 1.54) is 50.5 Å². The molecule has 0 N–H and O–H groups in total. The van der Waals surface area contributed by atoms with E-state index in [4.69, 9.17) is 4.74 Å². The molecular weight excluding hydrogens is 444 g/mol. The van der Waals surface area contributed by atoms with Gasteiger partial charge < -0.3 is 4.74 Å². The number of carbonyl (C=O) groups excluding carboxylic acids is 2. The van der Waals surface area contributed by atoms with Crippen molar-refractivity contribution in [2.75, 3.05) is 0 Å². The Morgan fingerprint density at radius 2 is 1.67 bits per heavy atom. The number of ether oxygens (including phenoxy) is 1. The van der Waals surface area contributed by atoms with Gasteiger partial charge in [0, 0.05) is 18.8 Å². The van der Waals surface area contributed by atoms with Crippen LogP contribution < -0.4 is 0 Å². The third kappa shape index (κ3) is 5.37. The molecule has 0 heterocycles. The SMILES string of the molecule is CC(C)CCC[C@H](C)[C@H]1CC[C@H]2[C@@H]3C(=O)C=C4C[C@@H](OC(=O)CCC(C)C)CC[C@]4(C)[C@H]3CC[C@]12C. The number of hydrogen-bond donors (Lipinski definition) is 0. The molecule has 3 nitrogen and oxygen atoms in total. The van der Waals surface area contributed by atoms with Gasteiger partial charge in [0.1, 0.15) is 6.10 Å². The first-order valence-corrected chi connectivity index (χ1v) is 15.4. The number of allylic oxidation sites excluding steroid dienone is 1. The van der Waals surface area contributed by atoms with Crippen LogP contribution in [0.15, 0.2) is 11.6 Å². The minimum Gasteiger partial charge on any atom is -0.462 e. The van der Waals surface area contributed by atoms with Gasteiger partial charge in [-0.15, -0.1) is 0 Å². The summed E-state index contributed by atoms with van der Waals surface area (Å²) in [5.41, 5.74) is 1.70. The zero-order valence-corrected chi connectivity index (χ0v) is 24.4. The molecule has 0 aromatic heterocycles. The van der Waals surface area contributed by atoms with E-state index in [-0.39, 0.29) is 23.4 Å². The van der Waals surface area contributed by atoms with Crippen molar-refractivity contribution < 1.29 is 14.3 Å². The second-order valence-corrected chi connectivity index (χ2v) is 14.5.